The molecule has 1 fully saturated rings. The van der Waals surface area contributed by atoms with Crippen LogP contribution in [-0.4, -0.2) is 40.5 Å². The van der Waals surface area contributed by atoms with Gasteiger partial charge in [-0.3, -0.25) is 9.69 Å². The first kappa shape index (κ1) is 14.0. The second-order valence-corrected chi connectivity index (χ2v) is 5.56. The first-order valence-electron chi connectivity index (χ1n) is 6.75. The predicted molar refractivity (Wildman–Crippen MR) is 71.9 cm³/mol. The molecular formula is C14H18N2O5. The Morgan fingerprint density at radius 3 is 3.00 bits per heavy atom. The molecule has 1 amide bonds. The zero-order valence-electron chi connectivity index (χ0n) is 11.9. The monoisotopic (exact) mass is 294 g/mol. The average Bonchev–Trinajstić information content (AvgIpc) is 2.91. The Bertz CT molecular complexity index is 564. The van der Waals surface area contributed by atoms with Crippen molar-refractivity contribution in [2.45, 2.75) is 38.3 Å². The molecule has 3 heterocycles. The van der Waals surface area contributed by atoms with E-state index in [4.69, 9.17) is 19.9 Å². The molecule has 3 aliphatic rings. The first-order valence-corrected chi connectivity index (χ1v) is 6.75. The quantitative estimate of drug-likeness (QED) is 0.777. The van der Waals surface area contributed by atoms with E-state index in [1.54, 1.807) is 37.2 Å². The van der Waals surface area contributed by atoms with Crippen LogP contribution in [0.5, 0.6) is 0 Å². The van der Waals surface area contributed by atoms with Gasteiger partial charge in [0.2, 0.25) is 17.6 Å². The molecule has 0 aliphatic carbocycles. The Hall–Kier alpha value is -1.99. The van der Waals surface area contributed by atoms with Crippen molar-refractivity contribution >= 4 is 5.91 Å². The number of hydrogen-bond donors (Lipinski definition) is 2. The third-order valence-electron chi connectivity index (χ3n) is 3.47. The normalized spacial score (nSPS) is 29.9. The summed E-state index contributed by atoms with van der Waals surface area (Å²) >= 11 is 0. The van der Waals surface area contributed by atoms with Crippen LogP contribution in [-0.2, 0) is 19.0 Å². The summed E-state index contributed by atoms with van der Waals surface area (Å²) in [5.74, 6) is -0.324. The predicted octanol–water partition coefficient (Wildman–Crippen LogP) is 0.287. The number of aliphatic hydroxyl groups excluding tert-OH is 1. The number of carbonyl (C=O) groups is 1. The lowest BCUT2D eigenvalue weighted by molar-refractivity contribution is -0.161. The van der Waals surface area contributed by atoms with Gasteiger partial charge in [0.05, 0.1) is 6.61 Å². The highest BCUT2D eigenvalue weighted by molar-refractivity contribution is 5.92. The number of allylic oxidation sites excluding steroid dienone is 1. The summed E-state index contributed by atoms with van der Waals surface area (Å²) in [4.78, 5) is 12.9. The highest BCUT2D eigenvalue weighted by Crippen LogP contribution is 2.42. The number of hydrogen-bond acceptors (Lipinski definition) is 6. The van der Waals surface area contributed by atoms with Crippen LogP contribution in [0.25, 0.3) is 0 Å². The van der Waals surface area contributed by atoms with E-state index in [2.05, 4.69) is 0 Å². The zero-order valence-corrected chi connectivity index (χ0v) is 11.9. The second-order valence-electron chi connectivity index (χ2n) is 5.56. The van der Waals surface area contributed by atoms with Crippen LogP contribution < -0.4 is 5.73 Å². The topological polar surface area (TPSA) is 94.3 Å². The third-order valence-corrected chi connectivity index (χ3v) is 3.47. The number of primary amides is 1. The molecule has 2 atom stereocenters. The van der Waals surface area contributed by atoms with E-state index in [-0.39, 0.29) is 6.61 Å². The van der Waals surface area contributed by atoms with Gasteiger partial charge in [-0.1, -0.05) is 6.08 Å². The summed E-state index contributed by atoms with van der Waals surface area (Å²) in [6, 6.07) is 0. The molecule has 0 bridgehead atoms. The summed E-state index contributed by atoms with van der Waals surface area (Å²) in [7, 11) is 0. The van der Waals surface area contributed by atoms with Gasteiger partial charge in [0.1, 0.15) is 0 Å². The number of amides is 1. The summed E-state index contributed by atoms with van der Waals surface area (Å²) < 4.78 is 17.2. The summed E-state index contributed by atoms with van der Waals surface area (Å²) in [5.41, 5.74) is 5.78. The lowest BCUT2D eigenvalue weighted by atomic mass is 10.1. The first-order chi connectivity index (χ1) is 9.91. The van der Waals surface area contributed by atoms with Crippen LogP contribution in [0, 0.1) is 0 Å². The molecule has 114 valence electrons. The largest absolute Gasteiger partial charge is 0.467 e. The second kappa shape index (κ2) is 4.78. The molecule has 7 heteroatoms. The fourth-order valence-electron chi connectivity index (χ4n) is 2.55. The zero-order chi connectivity index (χ0) is 15.2. The number of aliphatic hydroxyl groups is 1. The Morgan fingerprint density at radius 2 is 2.33 bits per heavy atom. The van der Waals surface area contributed by atoms with Gasteiger partial charge >= 0.3 is 0 Å². The number of carbonyl (C=O) groups excluding carboxylic acids is 1. The molecule has 3 aliphatic heterocycles. The standard InChI is InChI=1S/C14H18N2O5/c1-14(2)20-10-9(7-17)19-13(11(10)21-14)16-5-3-4-8(6-16)12(15)18/h3,5-6,9-10,17H,4,7H2,1-2H3,(H2,15,18)/t9?,10-/m1/s1. The Kier molecular flexibility index (Phi) is 3.18. The van der Waals surface area contributed by atoms with E-state index in [1.807, 2.05) is 0 Å². The van der Waals surface area contributed by atoms with E-state index in [9.17, 15) is 9.90 Å². The molecule has 0 radical (unpaired) electrons. The van der Waals surface area contributed by atoms with Gasteiger partial charge in [-0.05, 0) is 6.42 Å². The SMILES string of the molecule is CC1(C)OC2=C(N3C=CCC(C(N)=O)=C3)OC(CO)[C@H]2O1. The third kappa shape index (κ3) is 2.38. The maximum absolute atomic E-state index is 11.3. The van der Waals surface area contributed by atoms with E-state index >= 15 is 0 Å². The fraction of sp³-hybridized carbons (Fsp3) is 0.500. The minimum Gasteiger partial charge on any atom is -0.467 e. The maximum atomic E-state index is 11.3. The van der Waals surface area contributed by atoms with Crippen LogP contribution in [0.1, 0.15) is 20.3 Å². The van der Waals surface area contributed by atoms with Gasteiger partial charge in [0, 0.05) is 31.8 Å². The van der Waals surface area contributed by atoms with E-state index < -0.39 is 23.9 Å². The lowest BCUT2D eigenvalue weighted by Crippen LogP contribution is -2.32. The molecular weight excluding hydrogens is 276 g/mol. The minimum atomic E-state index is -0.780. The lowest BCUT2D eigenvalue weighted by Gasteiger charge is -2.25. The van der Waals surface area contributed by atoms with Crippen LogP contribution in [0.2, 0.25) is 0 Å². The Balaban J connectivity index is 1.94. The molecule has 0 aromatic heterocycles. The van der Waals surface area contributed by atoms with Crippen molar-refractivity contribution in [1.82, 2.24) is 4.90 Å². The van der Waals surface area contributed by atoms with E-state index in [0.717, 1.165) is 0 Å². The molecule has 0 saturated carbocycles. The van der Waals surface area contributed by atoms with Crippen molar-refractivity contribution in [3.63, 3.8) is 0 Å². The smallest absolute Gasteiger partial charge is 0.246 e. The molecule has 1 unspecified atom stereocenters. The molecule has 0 aromatic rings. The van der Waals surface area contributed by atoms with Crippen molar-refractivity contribution in [3.8, 4) is 0 Å². The maximum Gasteiger partial charge on any atom is 0.246 e. The number of nitrogens with zero attached hydrogens (tertiary/aromatic N) is 1. The summed E-state index contributed by atoms with van der Waals surface area (Å²) in [6.07, 6.45) is 4.66. The van der Waals surface area contributed by atoms with Crippen molar-refractivity contribution in [3.05, 3.63) is 35.7 Å². The highest BCUT2D eigenvalue weighted by atomic mass is 16.8. The van der Waals surface area contributed by atoms with Crippen LogP contribution >= 0.6 is 0 Å². The Labute approximate surface area is 122 Å². The molecule has 21 heavy (non-hydrogen) atoms. The van der Waals surface area contributed by atoms with Gasteiger partial charge in [-0.25, -0.2) is 0 Å². The van der Waals surface area contributed by atoms with E-state index in [1.165, 1.54) is 0 Å². The number of ether oxygens (including phenoxy) is 3. The van der Waals surface area contributed by atoms with Crippen molar-refractivity contribution < 1.29 is 24.1 Å². The minimum absolute atomic E-state index is 0.193. The summed E-state index contributed by atoms with van der Waals surface area (Å²) in [5, 5.41) is 9.43. The number of rotatable bonds is 3. The van der Waals surface area contributed by atoms with Crippen LogP contribution in [0.3, 0.4) is 0 Å². The van der Waals surface area contributed by atoms with Gasteiger partial charge in [0.25, 0.3) is 0 Å². The van der Waals surface area contributed by atoms with Crippen molar-refractivity contribution in [2.75, 3.05) is 6.61 Å². The molecule has 3 rings (SSSR count). The molecule has 7 nitrogen and oxygen atoms in total. The van der Waals surface area contributed by atoms with Crippen molar-refractivity contribution in [1.29, 1.82) is 0 Å². The van der Waals surface area contributed by atoms with Gasteiger partial charge < -0.3 is 25.1 Å². The number of fused-ring (bicyclic) bond motifs is 1. The highest BCUT2D eigenvalue weighted by Gasteiger charge is 2.51. The Morgan fingerprint density at radius 1 is 1.57 bits per heavy atom. The van der Waals surface area contributed by atoms with Crippen LogP contribution in [0.4, 0.5) is 0 Å². The summed E-state index contributed by atoms with van der Waals surface area (Å²) in [6.45, 7) is 3.39. The van der Waals surface area contributed by atoms with Gasteiger partial charge in [-0.15, -0.1) is 0 Å². The number of nitrogens with two attached hydrogens (primary N) is 1. The fourth-order valence-corrected chi connectivity index (χ4v) is 2.55. The molecule has 3 N–H and O–H groups in total. The average molecular weight is 294 g/mol. The molecule has 1 saturated heterocycles. The molecule has 0 spiro atoms. The van der Waals surface area contributed by atoms with Gasteiger partial charge in [-0.2, -0.15) is 0 Å². The molecule has 0 aromatic carbocycles. The van der Waals surface area contributed by atoms with E-state index in [0.29, 0.717) is 23.6 Å². The van der Waals surface area contributed by atoms with Crippen LogP contribution in [0.15, 0.2) is 35.7 Å². The van der Waals surface area contributed by atoms with Crippen molar-refractivity contribution in [2.24, 2.45) is 5.73 Å². The van der Waals surface area contributed by atoms with Gasteiger partial charge in [0.15, 0.2) is 18.0 Å².